The molecule has 1 heterocycles. The molecule has 0 bridgehead atoms. The Balaban J connectivity index is 2.31. The molecule has 0 aliphatic carbocycles. The van der Waals surface area contributed by atoms with Crippen molar-refractivity contribution in [3.63, 3.8) is 0 Å². The molecule has 2 rings (SSSR count). The number of nitrogens with zero attached hydrogens (tertiary/aromatic N) is 2. The molecule has 0 unspecified atom stereocenters. The van der Waals surface area contributed by atoms with Gasteiger partial charge >= 0.3 is 5.97 Å². The maximum atomic E-state index is 10.6. The molecule has 1 aromatic heterocycles. The standard InChI is InChI=1S/C12H11ClN2O3/c1-18-8-2-3-9(10(13)4-8)11-5-15(7-14-11)6-12(16)17/h2-5,7H,6H2,1H3,(H,16,17). The fraction of sp³-hybridized carbons (Fsp3) is 0.167. The first-order valence-corrected chi connectivity index (χ1v) is 5.55. The lowest BCUT2D eigenvalue weighted by atomic mass is 10.1. The molecule has 0 radical (unpaired) electrons. The average Bonchev–Trinajstić information content (AvgIpc) is 2.76. The van der Waals surface area contributed by atoms with Crippen LogP contribution in [-0.2, 0) is 11.3 Å². The van der Waals surface area contributed by atoms with Gasteiger partial charge in [0.25, 0.3) is 0 Å². The molecule has 18 heavy (non-hydrogen) atoms. The Morgan fingerprint density at radius 2 is 2.33 bits per heavy atom. The highest BCUT2D eigenvalue weighted by molar-refractivity contribution is 6.33. The summed E-state index contributed by atoms with van der Waals surface area (Å²) in [4.78, 5) is 14.7. The highest BCUT2D eigenvalue weighted by Crippen LogP contribution is 2.29. The summed E-state index contributed by atoms with van der Waals surface area (Å²) >= 11 is 6.11. The summed E-state index contributed by atoms with van der Waals surface area (Å²) in [5, 5.41) is 9.19. The third-order valence-electron chi connectivity index (χ3n) is 2.40. The minimum absolute atomic E-state index is 0.124. The minimum Gasteiger partial charge on any atom is -0.497 e. The van der Waals surface area contributed by atoms with E-state index in [1.54, 1.807) is 31.5 Å². The van der Waals surface area contributed by atoms with Crippen LogP contribution in [0.2, 0.25) is 5.02 Å². The van der Waals surface area contributed by atoms with E-state index in [2.05, 4.69) is 4.98 Å². The van der Waals surface area contributed by atoms with Crippen LogP contribution in [0.3, 0.4) is 0 Å². The summed E-state index contributed by atoms with van der Waals surface area (Å²) in [6, 6.07) is 5.25. The van der Waals surface area contributed by atoms with Gasteiger partial charge in [-0.25, -0.2) is 4.98 Å². The number of rotatable bonds is 4. The topological polar surface area (TPSA) is 64.3 Å². The minimum atomic E-state index is -0.917. The number of aliphatic carboxylic acids is 1. The SMILES string of the molecule is COc1ccc(-c2cn(CC(=O)O)cn2)c(Cl)c1. The van der Waals surface area contributed by atoms with Crippen LogP contribution in [0.4, 0.5) is 0 Å². The Kier molecular flexibility index (Phi) is 3.53. The highest BCUT2D eigenvalue weighted by atomic mass is 35.5. The smallest absolute Gasteiger partial charge is 0.323 e. The Morgan fingerprint density at radius 3 is 2.94 bits per heavy atom. The van der Waals surface area contributed by atoms with Crippen LogP contribution in [0.25, 0.3) is 11.3 Å². The first kappa shape index (κ1) is 12.4. The Morgan fingerprint density at radius 1 is 1.56 bits per heavy atom. The number of hydrogen-bond acceptors (Lipinski definition) is 3. The van der Waals surface area contributed by atoms with Crippen molar-refractivity contribution in [2.45, 2.75) is 6.54 Å². The van der Waals surface area contributed by atoms with E-state index in [-0.39, 0.29) is 6.54 Å². The summed E-state index contributed by atoms with van der Waals surface area (Å²) < 4.78 is 6.54. The fourth-order valence-electron chi connectivity index (χ4n) is 1.57. The molecule has 1 aromatic carbocycles. The maximum absolute atomic E-state index is 10.6. The van der Waals surface area contributed by atoms with Gasteiger partial charge in [0.2, 0.25) is 0 Å². The van der Waals surface area contributed by atoms with Gasteiger partial charge in [0.15, 0.2) is 0 Å². The van der Waals surface area contributed by atoms with Crippen LogP contribution in [0.1, 0.15) is 0 Å². The lowest BCUT2D eigenvalue weighted by Gasteiger charge is -2.04. The van der Waals surface area contributed by atoms with Crippen LogP contribution in [0.5, 0.6) is 5.75 Å². The maximum Gasteiger partial charge on any atom is 0.323 e. The van der Waals surface area contributed by atoms with E-state index >= 15 is 0 Å². The molecule has 0 saturated carbocycles. The van der Waals surface area contributed by atoms with Gasteiger partial charge in [0.05, 0.1) is 24.2 Å². The van der Waals surface area contributed by atoms with E-state index in [4.69, 9.17) is 21.4 Å². The van der Waals surface area contributed by atoms with Crippen LogP contribution in [0, 0.1) is 0 Å². The zero-order valence-electron chi connectivity index (χ0n) is 9.63. The summed E-state index contributed by atoms with van der Waals surface area (Å²) in [5.41, 5.74) is 1.37. The van der Waals surface area contributed by atoms with Crippen LogP contribution >= 0.6 is 11.6 Å². The van der Waals surface area contributed by atoms with E-state index in [9.17, 15) is 4.79 Å². The van der Waals surface area contributed by atoms with Crippen molar-refractivity contribution in [1.82, 2.24) is 9.55 Å². The summed E-state index contributed by atoms with van der Waals surface area (Å²) in [6.45, 7) is -0.124. The molecular formula is C12H11ClN2O3. The van der Waals surface area contributed by atoms with Crippen molar-refractivity contribution in [3.05, 3.63) is 35.7 Å². The Hall–Kier alpha value is -2.01. The molecular weight excluding hydrogens is 256 g/mol. The number of carboxylic acid groups (broad SMARTS) is 1. The predicted molar refractivity (Wildman–Crippen MR) is 66.9 cm³/mol. The van der Waals surface area contributed by atoms with Gasteiger partial charge in [-0.3, -0.25) is 4.79 Å². The molecule has 0 amide bonds. The zero-order chi connectivity index (χ0) is 13.1. The van der Waals surface area contributed by atoms with E-state index in [0.717, 1.165) is 5.56 Å². The van der Waals surface area contributed by atoms with Crippen LogP contribution in [0.15, 0.2) is 30.7 Å². The number of imidazole rings is 1. The van der Waals surface area contributed by atoms with Crippen molar-refractivity contribution in [1.29, 1.82) is 0 Å². The van der Waals surface area contributed by atoms with Crippen molar-refractivity contribution in [2.24, 2.45) is 0 Å². The molecule has 0 aliphatic rings. The third kappa shape index (κ3) is 2.62. The largest absolute Gasteiger partial charge is 0.497 e. The van der Waals surface area contributed by atoms with Crippen LogP contribution in [-0.4, -0.2) is 27.7 Å². The molecule has 0 spiro atoms. The van der Waals surface area contributed by atoms with Crippen molar-refractivity contribution >= 4 is 17.6 Å². The van der Waals surface area contributed by atoms with Crippen molar-refractivity contribution in [2.75, 3.05) is 7.11 Å². The van der Waals surface area contributed by atoms with Gasteiger partial charge in [-0.15, -0.1) is 0 Å². The summed E-state index contributed by atoms with van der Waals surface area (Å²) in [6.07, 6.45) is 3.10. The molecule has 0 aliphatic heterocycles. The molecule has 5 nitrogen and oxygen atoms in total. The molecule has 1 N–H and O–H groups in total. The Bertz CT molecular complexity index is 580. The highest BCUT2D eigenvalue weighted by Gasteiger charge is 2.09. The fourth-order valence-corrected chi connectivity index (χ4v) is 1.84. The molecule has 2 aromatic rings. The third-order valence-corrected chi connectivity index (χ3v) is 2.72. The number of aromatic nitrogens is 2. The number of hydrogen-bond donors (Lipinski definition) is 1. The molecule has 94 valence electrons. The second kappa shape index (κ2) is 5.10. The number of carboxylic acids is 1. The van der Waals surface area contributed by atoms with Crippen molar-refractivity contribution in [3.8, 4) is 17.0 Å². The van der Waals surface area contributed by atoms with E-state index < -0.39 is 5.97 Å². The second-order valence-corrected chi connectivity index (χ2v) is 4.08. The zero-order valence-corrected chi connectivity index (χ0v) is 10.4. The van der Waals surface area contributed by atoms with Gasteiger partial charge in [-0.05, 0) is 18.2 Å². The first-order chi connectivity index (χ1) is 8.60. The van der Waals surface area contributed by atoms with E-state index in [0.29, 0.717) is 16.5 Å². The lowest BCUT2D eigenvalue weighted by Crippen LogP contribution is -2.06. The lowest BCUT2D eigenvalue weighted by molar-refractivity contribution is -0.137. The number of halogens is 1. The van der Waals surface area contributed by atoms with E-state index in [1.807, 2.05) is 0 Å². The second-order valence-electron chi connectivity index (χ2n) is 3.67. The molecule has 6 heteroatoms. The van der Waals surface area contributed by atoms with Gasteiger partial charge in [0, 0.05) is 11.8 Å². The molecule has 0 fully saturated rings. The van der Waals surface area contributed by atoms with Crippen LogP contribution < -0.4 is 4.74 Å². The van der Waals surface area contributed by atoms with E-state index in [1.165, 1.54) is 10.9 Å². The summed E-state index contributed by atoms with van der Waals surface area (Å²) in [5.74, 6) is -0.256. The molecule has 0 atom stereocenters. The number of carbonyl (C=O) groups is 1. The first-order valence-electron chi connectivity index (χ1n) is 5.17. The van der Waals surface area contributed by atoms with Gasteiger partial charge in [0.1, 0.15) is 12.3 Å². The quantitative estimate of drug-likeness (QED) is 0.922. The van der Waals surface area contributed by atoms with Gasteiger partial charge in [-0.2, -0.15) is 0 Å². The number of methoxy groups -OCH3 is 1. The Labute approximate surface area is 109 Å². The van der Waals surface area contributed by atoms with Gasteiger partial charge < -0.3 is 14.4 Å². The van der Waals surface area contributed by atoms with Gasteiger partial charge in [-0.1, -0.05) is 11.6 Å². The monoisotopic (exact) mass is 266 g/mol. The summed E-state index contributed by atoms with van der Waals surface area (Å²) in [7, 11) is 1.56. The number of benzene rings is 1. The average molecular weight is 267 g/mol. The predicted octanol–water partition coefficient (Wildman–Crippen LogP) is 2.30. The normalized spacial score (nSPS) is 10.3. The number of ether oxygens (including phenoxy) is 1. The molecule has 0 saturated heterocycles. The van der Waals surface area contributed by atoms with Crippen molar-refractivity contribution < 1.29 is 14.6 Å².